The Bertz CT molecular complexity index is 332. The van der Waals surface area contributed by atoms with Crippen molar-refractivity contribution in [3.63, 3.8) is 0 Å². The smallest absolute Gasteiger partial charge is 0.0587 e. The van der Waals surface area contributed by atoms with Crippen molar-refractivity contribution in [2.45, 2.75) is 39.5 Å². The first-order valence-electron chi connectivity index (χ1n) is 7.45. The van der Waals surface area contributed by atoms with Gasteiger partial charge in [-0.2, -0.15) is 0 Å². The van der Waals surface area contributed by atoms with Gasteiger partial charge in [-0.05, 0) is 35.9 Å². The van der Waals surface area contributed by atoms with Crippen LogP contribution in [0.2, 0.25) is 0 Å². The topological polar surface area (TPSA) is 21.3 Å². The van der Waals surface area contributed by atoms with E-state index in [4.69, 9.17) is 4.74 Å². The summed E-state index contributed by atoms with van der Waals surface area (Å²) in [4.78, 5) is 0. The minimum atomic E-state index is 0.617. The predicted octanol–water partition coefficient (Wildman–Crippen LogP) is 3.61. The van der Waals surface area contributed by atoms with E-state index in [0.717, 1.165) is 26.1 Å². The normalized spacial score (nSPS) is 12.9. The second-order valence-electron chi connectivity index (χ2n) is 5.57. The molecule has 1 atom stereocenters. The predicted molar refractivity (Wildman–Crippen MR) is 82.8 cm³/mol. The van der Waals surface area contributed by atoms with Crippen LogP contribution in [0.1, 0.15) is 44.2 Å². The van der Waals surface area contributed by atoms with Gasteiger partial charge in [0.2, 0.25) is 0 Å². The molecule has 2 nitrogen and oxygen atoms in total. The SMILES string of the molecule is CCC(CNCCOC)Cc1ccc(C(C)C)cc1. The zero-order chi connectivity index (χ0) is 14.1. The van der Waals surface area contributed by atoms with Crippen LogP contribution in [-0.4, -0.2) is 26.8 Å². The Labute approximate surface area is 118 Å². The zero-order valence-corrected chi connectivity index (χ0v) is 12.9. The molecule has 0 aliphatic heterocycles. The molecule has 19 heavy (non-hydrogen) atoms. The Morgan fingerprint density at radius 2 is 1.84 bits per heavy atom. The van der Waals surface area contributed by atoms with Crippen molar-refractivity contribution in [1.82, 2.24) is 5.32 Å². The Hall–Kier alpha value is -0.860. The molecule has 0 bridgehead atoms. The lowest BCUT2D eigenvalue weighted by molar-refractivity contribution is 0.197. The highest BCUT2D eigenvalue weighted by Gasteiger charge is 2.07. The van der Waals surface area contributed by atoms with Gasteiger partial charge in [-0.25, -0.2) is 0 Å². The highest BCUT2D eigenvalue weighted by molar-refractivity contribution is 5.25. The van der Waals surface area contributed by atoms with E-state index in [1.807, 2.05) is 0 Å². The van der Waals surface area contributed by atoms with Crippen LogP contribution in [0.25, 0.3) is 0 Å². The molecule has 1 N–H and O–H groups in total. The molecule has 0 aliphatic rings. The lowest BCUT2D eigenvalue weighted by Crippen LogP contribution is -2.27. The van der Waals surface area contributed by atoms with Crippen LogP contribution in [0, 0.1) is 5.92 Å². The molecule has 0 heterocycles. The van der Waals surface area contributed by atoms with Crippen LogP contribution >= 0.6 is 0 Å². The van der Waals surface area contributed by atoms with Gasteiger partial charge in [0.15, 0.2) is 0 Å². The van der Waals surface area contributed by atoms with Crippen molar-refractivity contribution >= 4 is 0 Å². The average molecular weight is 263 g/mol. The molecule has 1 unspecified atom stereocenters. The number of nitrogens with one attached hydrogen (secondary N) is 1. The summed E-state index contributed by atoms with van der Waals surface area (Å²) >= 11 is 0. The highest BCUT2D eigenvalue weighted by atomic mass is 16.5. The summed E-state index contributed by atoms with van der Waals surface area (Å²) in [6.45, 7) is 9.56. The number of methoxy groups -OCH3 is 1. The number of hydrogen-bond donors (Lipinski definition) is 1. The van der Waals surface area contributed by atoms with Gasteiger partial charge < -0.3 is 10.1 Å². The molecule has 1 aromatic rings. The molecule has 0 aromatic heterocycles. The zero-order valence-electron chi connectivity index (χ0n) is 12.9. The van der Waals surface area contributed by atoms with E-state index in [2.05, 4.69) is 50.4 Å². The lowest BCUT2D eigenvalue weighted by atomic mass is 9.94. The Morgan fingerprint density at radius 1 is 1.16 bits per heavy atom. The number of hydrogen-bond acceptors (Lipinski definition) is 2. The monoisotopic (exact) mass is 263 g/mol. The van der Waals surface area contributed by atoms with Crippen LogP contribution < -0.4 is 5.32 Å². The number of rotatable bonds is 9. The minimum absolute atomic E-state index is 0.617. The fourth-order valence-electron chi connectivity index (χ4n) is 2.21. The van der Waals surface area contributed by atoms with Gasteiger partial charge in [0.25, 0.3) is 0 Å². The minimum Gasteiger partial charge on any atom is -0.383 e. The first-order chi connectivity index (χ1) is 9.17. The molecule has 2 heteroatoms. The quantitative estimate of drug-likeness (QED) is 0.687. The maximum atomic E-state index is 5.05. The van der Waals surface area contributed by atoms with Crippen LogP contribution in [-0.2, 0) is 11.2 Å². The van der Waals surface area contributed by atoms with Crippen LogP contribution in [0.4, 0.5) is 0 Å². The summed E-state index contributed by atoms with van der Waals surface area (Å²) in [7, 11) is 1.75. The summed E-state index contributed by atoms with van der Waals surface area (Å²) < 4.78 is 5.05. The van der Waals surface area contributed by atoms with E-state index in [1.54, 1.807) is 7.11 Å². The highest BCUT2D eigenvalue weighted by Crippen LogP contribution is 2.17. The van der Waals surface area contributed by atoms with Crippen LogP contribution in [0.15, 0.2) is 24.3 Å². The third-order valence-electron chi connectivity index (χ3n) is 3.66. The third-order valence-corrected chi connectivity index (χ3v) is 3.66. The van der Waals surface area contributed by atoms with Gasteiger partial charge in [0.05, 0.1) is 6.61 Å². The van der Waals surface area contributed by atoms with E-state index in [-0.39, 0.29) is 0 Å². The molecular weight excluding hydrogens is 234 g/mol. The second kappa shape index (κ2) is 9.11. The van der Waals surface area contributed by atoms with E-state index >= 15 is 0 Å². The van der Waals surface area contributed by atoms with Gasteiger partial charge >= 0.3 is 0 Å². The molecule has 0 fully saturated rings. The Balaban J connectivity index is 2.41. The van der Waals surface area contributed by atoms with E-state index < -0.39 is 0 Å². The molecule has 1 aromatic carbocycles. The van der Waals surface area contributed by atoms with E-state index in [1.165, 1.54) is 17.5 Å². The van der Waals surface area contributed by atoms with Gasteiger partial charge in [0.1, 0.15) is 0 Å². The third kappa shape index (κ3) is 6.22. The van der Waals surface area contributed by atoms with Crippen molar-refractivity contribution in [3.8, 4) is 0 Å². The average Bonchev–Trinajstić information content (AvgIpc) is 2.42. The molecular formula is C17H29NO. The van der Waals surface area contributed by atoms with E-state index in [0.29, 0.717) is 11.8 Å². The largest absolute Gasteiger partial charge is 0.383 e. The van der Waals surface area contributed by atoms with Crippen LogP contribution in [0.3, 0.4) is 0 Å². The van der Waals surface area contributed by atoms with Gasteiger partial charge in [-0.3, -0.25) is 0 Å². The summed E-state index contributed by atoms with van der Waals surface area (Å²) in [6.07, 6.45) is 2.38. The Morgan fingerprint density at radius 3 is 2.37 bits per heavy atom. The molecule has 0 radical (unpaired) electrons. The summed E-state index contributed by atoms with van der Waals surface area (Å²) in [5, 5.41) is 3.46. The van der Waals surface area contributed by atoms with E-state index in [9.17, 15) is 0 Å². The first-order valence-corrected chi connectivity index (χ1v) is 7.45. The molecule has 0 saturated heterocycles. The first kappa shape index (κ1) is 16.2. The standard InChI is InChI=1S/C17H29NO/c1-5-15(13-18-10-11-19-4)12-16-6-8-17(9-7-16)14(2)3/h6-9,14-15,18H,5,10-13H2,1-4H3. The van der Waals surface area contributed by atoms with Crippen molar-refractivity contribution in [2.24, 2.45) is 5.92 Å². The molecule has 1 rings (SSSR count). The van der Waals surface area contributed by atoms with Gasteiger partial charge in [0, 0.05) is 13.7 Å². The Kier molecular flexibility index (Phi) is 7.76. The van der Waals surface area contributed by atoms with Gasteiger partial charge in [-0.15, -0.1) is 0 Å². The summed E-state index contributed by atoms with van der Waals surface area (Å²) in [5.41, 5.74) is 2.87. The maximum Gasteiger partial charge on any atom is 0.0587 e. The molecule has 0 aliphatic carbocycles. The van der Waals surface area contributed by atoms with Crippen molar-refractivity contribution in [3.05, 3.63) is 35.4 Å². The van der Waals surface area contributed by atoms with Gasteiger partial charge in [-0.1, -0.05) is 51.5 Å². The fourth-order valence-corrected chi connectivity index (χ4v) is 2.21. The lowest BCUT2D eigenvalue weighted by Gasteiger charge is -2.16. The maximum absolute atomic E-state index is 5.05. The molecule has 108 valence electrons. The van der Waals surface area contributed by atoms with Crippen molar-refractivity contribution in [2.75, 3.05) is 26.8 Å². The molecule has 0 amide bonds. The molecule has 0 saturated carbocycles. The second-order valence-corrected chi connectivity index (χ2v) is 5.57. The van der Waals surface area contributed by atoms with Crippen molar-refractivity contribution in [1.29, 1.82) is 0 Å². The van der Waals surface area contributed by atoms with Crippen molar-refractivity contribution < 1.29 is 4.74 Å². The summed E-state index contributed by atoms with van der Waals surface area (Å²) in [6, 6.07) is 9.11. The molecule has 0 spiro atoms. The number of benzene rings is 1. The fraction of sp³-hybridized carbons (Fsp3) is 0.647. The number of ether oxygens (including phenoxy) is 1. The van der Waals surface area contributed by atoms with Crippen LogP contribution in [0.5, 0.6) is 0 Å². The summed E-state index contributed by atoms with van der Waals surface area (Å²) in [5.74, 6) is 1.33.